The molecule has 2 amide bonds. The number of ether oxygens (including phenoxy) is 1. The van der Waals surface area contributed by atoms with Crippen LogP contribution in [0.1, 0.15) is 33.1 Å². The second-order valence-corrected chi connectivity index (χ2v) is 7.33. The summed E-state index contributed by atoms with van der Waals surface area (Å²) in [5.74, 6) is 0.842. The topological polar surface area (TPSA) is 76.5 Å². The largest absolute Gasteiger partial charge is 0.494 e. The van der Waals surface area contributed by atoms with Crippen molar-refractivity contribution in [2.24, 2.45) is 0 Å². The molecular weight excluding hydrogens is 380 g/mol. The van der Waals surface area contributed by atoms with Gasteiger partial charge in [-0.2, -0.15) is 0 Å². The monoisotopic (exact) mass is 406 g/mol. The van der Waals surface area contributed by atoms with Crippen molar-refractivity contribution in [3.63, 3.8) is 0 Å². The molecule has 0 unspecified atom stereocenters. The van der Waals surface area contributed by atoms with Gasteiger partial charge in [0.05, 0.1) is 29.7 Å². The van der Waals surface area contributed by atoms with Crippen LogP contribution >= 0.6 is 0 Å². The third-order valence-corrected chi connectivity index (χ3v) is 5.28. The lowest BCUT2D eigenvalue weighted by atomic mass is 10.2. The molecule has 1 aliphatic rings. The minimum Gasteiger partial charge on any atom is -0.494 e. The fraction of sp³-hybridized carbons (Fsp3) is 0.348. The summed E-state index contributed by atoms with van der Waals surface area (Å²) in [6.45, 7) is 5.50. The van der Waals surface area contributed by atoms with Crippen LogP contribution in [0.3, 0.4) is 0 Å². The number of aryl methyl sites for hydroxylation is 1. The molecule has 2 aromatic carbocycles. The molecule has 4 rings (SSSR count). The fourth-order valence-corrected chi connectivity index (χ4v) is 3.70. The number of carbonyl (C=O) groups excluding carboxylic acids is 2. The van der Waals surface area contributed by atoms with E-state index in [1.165, 1.54) is 4.90 Å². The van der Waals surface area contributed by atoms with E-state index in [2.05, 4.69) is 17.2 Å². The Labute approximate surface area is 175 Å². The highest BCUT2D eigenvalue weighted by Gasteiger charge is 2.40. The van der Waals surface area contributed by atoms with Gasteiger partial charge in [0.15, 0.2) is 0 Å². The van der Waals surface area contributed by atoms with Gasteiger partial charge in [-0.25, -0.2) is 9.88 Å². The summed E-state index contributed by atoms with van der Waals surface area (Å²) in [7, 11) is 0. The number of nitrogens with one attached hydrogen (secondary N) is 1. The van der Waals surface area contributed by atoms with E-state index in [0.717, 1.165) is 29.6 Å². The molecule has 1 aliphatic heterocycles. The van der Waals surface area contributed by atoms with E-state index in [0.29, 0.717) is 24.8 Å². The number of rotatable bonds is 8. The molecule has 2 heterocycles. The second kappa shape index (κ2) is 8.57. The first-order chi connectivity index (χ1) is 14.6. The number of anilines is 2. The summed E-state index contributed by atoms with van der Waals surface area (Å²) in [5.41, 5.74) is 2.41. The fourth-order valence-electron chi connectivity index (χ4n) is 3.70. The third kappa shape index (κ3) is 3.75. The average Bonchev–Trinajstić information content (AvgIpc) is 3.25. The summed E-state index contributed by atoms with van der Waals surface area (Å²) < 4.78 is 7.67. The number of amides is 2. The Hall–Kier alpha value is -3.35. The Bertz CT molecular complexity index is 1060. The van der Waals surface area contributed by atoms with Gasteiger partial charge in [-0.05, 0) is 49.7 Å². The van der Waals surface area contributed by atoms with Gasteiger partial charge in [-0.15, -0.1) is 0 Å². The molecule has 7 heteroatoms. The van der Waals surface area contributed by atoms with Gasteiger partial charge in [0.1, 0.15) is 11.8 Å². The quantitative estimate of drug-likeness (QED) is 0.452. The summed E-state index contributed by atoms with van der Waals surface area (Å²) in [5, 5.41) is 3.19. The number of nitrogens with zero attached hydrogens (tertiary/aromatic N) is 3. The number of carbonyl (C=O) groups is 2. The molecule has 1 fully saturated rings. The van der Waals surface area contributed by atoms with Crippen LogP contribution in [0.2, 0.25) is 0 Å². The third-order valence-electron chi connectivity index (χ3n) is 5.28. The van der Waals surface area contributed by atoms with Crippen molar-refractivity contribution < 1.29 is 14.3 Å². The van der Waals surface area contributed by atoms with Crippen LogP contribution in [0.25, 0.3) is 11.0 Å². The molecule has 7 nitrogen and oxygen atoms in total. The maximum atomic E-state index is 13.0. The first kappa shape index (κ1) is 19.9. The van der Waals surface area contributed by atoms with Crippen molar-refractivity contribution in [3.05, 3.63) is 48.5 Å². The van der Waals surface area contributed by atoms with E-state index in [4.69, 9.17) is 4.74 Å². The Balaban J connectivity index is 1.51. The summed E-state index contributed by atoms with van der Waals surface area (Å²) in [6, 6.07) is 14.3. The highest BCUT2D eigenvalue weighted by molar-refractivity contribution is 6.23. The molecule has 1 aromatic heterocycles. The number of para-hydroxylation sites is 2. The predicted molar refractivity (Wildman–Crippen MR) is 117 cm³/mol. The summed E-state index contributed by atoms with van der Waals surface area (Å²) in [6.07, 6.45) is 2.15. The molecule has 0 bridgehead atoms. The van der Waals surface area contributed by atoms with Gasteiger partial charge < -0.3 is 14.6 Å². The molecule has 156 valence electrons. The zero-order valence-electron chi connectivity index (χ0n) is 17.3. The predicted octanol–water partition coefficient (Wildman–Crippen LogP) is 3.98. The average molecular weight is 406 g/mol. The molecular formula is C23H26N4O3. The second-order valence-electron chi connectivity index (χ2n) is 7.33. The number of aromatic nitrogens is 2. The lowest BCUT2D eigenvalue weighted by Gasteiger charge is -2.17. The van der Waals surface area contributed by atoms with E-state index < -0.39 is 6.04 Å². The van der Waals surface area contributed by atoms with Crippen LogP contribution in [0.5, 0.6) is 5.75 Å². The van der Waals surface area contributed by atoms with Crippen LogP contribution in [0.15, 0.2) is 48.5 Å². The van der Waals surface area contributed by atoms with Gasteiger partial charge in [-0.1, -0.05) is 25.5 Å². The zero-order valence-corrected chi connectivity index (χ0v) is 17.3. The normalized spacial score (nSPS) is 16.5. The molecule has 0 saturated carbocycles. The SMILES string of the molecule is CCCCOc1ccc(N2C(=O)C[C@H](Nc3nc4ccccc4n3CC)C2=O)cc1. The van der Waals surface area contributed by atoms with E-state index in [1.807, 2.05) is 35.8 Å². The molecule has 0 spiro atoms. The number of fused-ring (bicyclic) bond motifs is 1. The van der Waals surface area contributed by atoms with E-state index in [1.54, 1.807) is 24.3 Å². The number of hydrogen-bond acceptors (Lipinski definition) is 5. The molecule has 1 saturated heterocycles. The zero-order chi connectivity index (χ0) is 21.1. The lowest BCUT2D eigenvalue weighted by Crippen LogP contribution is -2.35. The number of imidazole rings is 1. The smallest absolute Gasteiger partial charge is 0.256 e. The maximum Gasteiger partial charge on any atom is 0.256 e. The van der Waals surface area contributed by atoms with Crippen molar-refractivity contribution in [1.82, 2.24) is 9.55 Å². The highest BCUT2D eigenvalue weighted by atomic mass is 16.5. The van der Waals surface area contributed by atoms with Gasteiger partial charge >= 0.3 is 0 Å². The lowest BCUT2D eigenvalue weighted by molar-refractivity contribution is -0.121. The van der Waals surface area contributed by atoms with Crippen LogP contribution in [-0.4, -0.2) is 34.0 Å². The van der Waals surface area contributed by atoms with Crippen molar-refractivity contribution in [2.45, 2.75) is 45.7 Å². The minimum absolute atomic E-state index is 0.0977. The van der Waals surface area contributed by atoms with Gasteiger partial charge in [-0.3, -0.25) is 9.59 Å². The van der Waals surface area contributed by atoms with Crippen LogP contribution in [-0.2, 0) is 16.1 Å². The van der Waals surface area contributed by atoms with Crippen molar-refractivity contribution in [2.75, 3.05) is 16.8 Å². The van der Waals surface area contributed by atoms with Crippen molar-refractivity contribution >= 4 is 34.5 Å². The van der Waals surface area contributed by atoms with Gasteiger partial charge in [0.25, 0.3) is 5.91 Å². The van der Waals surface area contributed by atoms with Crippen LogP contribution in [0, 0.1) is 0 Å². The van der Waals surface area contributed by atoms with E-state index in [9.17, 15) is 9.59 Å². The number of imide groups is 1. The number of unbranched alkanes of at least 4 members (excludes halogenated alkanes) is 1. The van der Waals surface area contributed by atoms with Crippen molar-refractivity contribution in [3.8, 4) is 5.75 Å². The van der Waals surface area contributed by atoms with Crippen molar-refractivity contribution in [1.29, 1.82) is 0 Å². The van der Waals surface area contributed by atoms with Crippen LogP contribution < -0.4 is 15.0 Å². The molecule has 0 aliphatic carbocycles. The van der Waals surface area contributed by atoms with E-state index >= 15 is 0 Å². The molecule has 1 atom stereocenters. The Morgan fingerprint density at radius 1 is 1.10 bits per heavy atom. The van der Waals surface area contributed by atoms with E-state index in [-0.39, 0.29) is 18.2 Å². The standard InChI is InChI=1S/C23H26N4O3/c1-3-5-14-30-17-12-10-16(11-13-17)27-21(28)15-19(22(27)29)25-23-24-18-8-6-7-9-20(18)26(23)4-2/h6-13,19H,3-5,14-15H2,1-2H3,(H,24,25)/t19-/m0/s1. The van der Waals surface area contributed by atoms with Gasteiger partial charge in [0.2, 0.25) is 11.9 Å². The summed E-state index contributed by atoms with van der Waals surface area (Å²) >= 11 is 0. The Kier molecular flexibility index (Phi) is 5.70. The Morgan fingerprint density at radius 2 is 1.87 bits per heavy atom. The van der Waals surface area contributed by atoms with Crippen LogP contribution in [0.4, 0.5) is 11.6 Å². The molecule has 30 heavy (non-hydrogen) atoms. The highest BCUT2D eigenvalue weighted by Crippen LogP contribution is 2.28. The van der Waals surface area contributed by atoms with Gasteiger partial charge in [0, 0.05) is 6.54 Å². The first-order valence-corrected chi connectivity index (χ1v) is 10.4. The molecule has 3 aromatic rings. The molecule has 0 radical (unpaired) electrons. The first-order valence-electron chi connectivity index (χ1n) is 10.4. The maximum absolute atomic E-state index is 13.0. The number of hydrogen-bond donors (Lipinski definition) is 1. The number of benzene rings is 2. The molecule has 1 N–H and O–H groups in total. The minimum atomic E-state index is -0.639. The summed E-state index contributed by atoms with van der Waals surface area (Å²) in [4.78, 5) is 31.5. The Morgan fingerprint density at radius 3 is 2.60 bits per heavy atom.